The fraction of sp³-hybridized carbons (Fsp3) is 0.368. The lowest BCUT2D eigenvalue weighted by Gasteiger charge is -2.20. The van der Waals surface area contributed by atoms with Crippen molar-refractivity contribution in [1.82, 2.24) is 5.32 Å². The summed E-state index contributed by atoms with van der Waals surface area (Å²) in [5, 5.41) is 1.98. The summed E-state index contributed by atoms with van der Waals surface area (Å²) in [6.45, 7) is 0.399. The summed E-state index contributed by atoms with van der Waals surface area (Å²) in [6.07, 6.45) is 0.559. The molecule has 28 heavy (non-hydrogen) atoms. The van der Waals surface area contributed by atoms with Crippen molar-refractivity contribution in [3.8, 4) is 5.75 Å². The van der Waals surface area contributed by atoms with Crippen molar-refractivity contribution >= 4 is 19.7 Å². The van der Waals surface area contributed by atoms with Crippen LogP contribution in [0.25, 0.3) is 0 Å². The van der Waals surface area contributed by atoms with Gasteiger partial charge in [-0.2, -0.15) is 0 Å². The lowest BCUT2D eigenvalue weighted by molar-refractivity contribution is 0.408. The number of ether oxygens (including phenoxy) is 1. The van der Waals surface area contributed by atoms with E-state index in [2.05, 4.69) is 5.32 Å². The third-order valence-corrected chi connectivity index (χ3v) is 9.00. The number of methoxy groups -OCH3 is 1. The van der Waals surface area contributed by atoms with Crippen LogP contribution in [0.3, 0.4) is 0 Å². The second-order valence-electron chi connectivity index (χ2n) is 6.74. The topological polar surface area (TPSA) is 89.5 Å². The Kier molecular flexibility index (Phi) is 6.07. The molecule has 0 aliphatic carbocycles. The molecular formula is C19H22FNO5S2. The number of nitrogens with one attached hydrogen (secondary N) is 1. The summed E-state index contributed by atoms with van der Waals surface area (Å²) >= 11 is 0. The highest BCUT2D eigenvalue weighted by molar-refractivity contribution is 7.96. The fourth-order valence-electron chi connectivity index (χ4n) is 3.41. The molecule has 1 heterocycles. The first-order valence-corrected chi connectivity index (χ1v) is 12.1. The molecule has 1 saturated heterocycles. The molecule has 1 aliphatic heterocycles. The maximum absolute atomic E-state index is 13.1. The Morgan fingerprint density at radius 3 is 2.46 bits per heavy atom. The fourth-order valence-corrected chi connectivity index (χ4v) is 8.13. The molecule has 1 fully saturated rings. The van der Waals surface area contributed by atoms with Crippen molar-refractivity contribution in [2.45, 2.75) is 22.6 Å². The summed E-state index contributed by atoms with van der Waals surface area (Å²) in [5.74, 6) is -0.522. The van der Waals surface area contributed by atoms with Gasteiger partial charge in [-0.15, -0.1) is 0 Å². The number of benzene rings is 2. The van der Waals surface area contributed by atoms with Crippen LogP contribution in [-0.4, -0.2) is 53.3 Å². The highest BCUT2D eigenvalue weighted by Crippen LogP contribution is 2.26. The molecule has 3 rings (SSSR count). The molecule has 1 N–H and O–H groups in total. The van der Waals surface area contributed by atoms with E-state index in [0.29, 0.717) is 13.0 Å². The minimum Gasteiger partial charge on any atom is -0.496 e. The van der Waals surface area contributed by atoms with Gasteiger partial charge in [0, 0.05) is 6.04 Å². The first-order valence-electron chi connectivity index (χ1n) is 8.78. The SMILES string of the molecule is COc1ccccc1CCNC1CS(=O)(=O)CC1S(=O)(=O)c1ccc(F)cc1. The minimum atomic E-state index is -3.92. The van der Waals surface area contributed by atoms with Gasteiger partial charge in [-0.3, -0.25) is 0 Å². The van der Waals surface area contributed by atoms with Crippen LogP contribution in [0.5, 0.6) is 5.75 Å². The van der Waals surface area contributed by atoms with Crippen molar-refractivity contribution in [1.29, 1.82) is 0 Å². The molecule has 152 valence electrons. The van der Waals surface area contributed by atoms with Gasteiger partial charge in [-0.05, 0) is 48.9 Å². The van der Waals surface area contributed by atoms with Crippen LogP contribution in [0.15, 0.2) is 53.4 Å². The molecule has 0 saturated carbocycles. The number of sulfone groups is 2. The molecule has 0 radical (unpaired) electrons. The standard InChI is InChI=1S/C19H22FNO5S2/c1-26-18-5-3-2-4-14(18)10-11-21-17-12-27(22,23)13-19(17)28(24,25)16-8-6-15(20)7-9-16/h2-9,17,19,21H,10-13H2,1H3. The van der Waals surface area contributed by atoms with Gasteiger partial charge in [-0.25, -0.2) is 21.2 Å². The summed E-state index contributed by atoms with van der Waals surface area (Å²) in [7, 11) is -5.84. The Balaban J connectivity index is 1.76. The molecule has 0 bridgehead atoms. The maximum Gasteiger partial charge on any atom is 0.183 e. The van der Waals surface area contributed by atoms with Gasteiger partial charge in [-0.1, -0.05) is 18.2 Å². The molecule has 2 aromatic rings. The van der Waals surface area contributed by atoms with Gasteiger partial charge in [0.15, 0.2) is 19.7 Å². The Labute approximate surface area is 164 Å². The van der Waals surface area contributed by atoms with E-state index < -0.39 is 42.5 Å². The molecule has 0 spiro atoms. The van der Waals surface area contributed by atoms with E-state index in [1.54, 1.807) is 7.11 Å². The average molecular weight is 428 g/mol. The van der Waals surface area contributed by atoms with E-state index in [0.717, 1.165) is 23.4 Å². The van der Waals surface area contributed by atoms with Crippen LogP contribution in [0, 0.1) is 5.82 Å². The predicted octanol–water partition coefficient (Wildman–Crippen LogP) is 1.61. The van der Waals surface area contributed by atoms with Gasteiger partial charge in [0.2, 0.25) is 0 Å². The van der Waals surface area contributed by atoms with Gasteiger partial charge >= 0.3 is 0 Å². The molecule has 2 aromatic carbocycles. The van der Waals surface area contributed by atoms with Gasteiger partial charge < -0.3 is 10.1 Å². The zero-order valence-electron chi connectivity index (χ0n) is 15.3. The number of hydrogen-bond acceptors (Lipinski definition) is 6. The molecule has 6 nitrogen and oxygen atoms in total. The zero-order valence-corrected chi connectivity index (χ0v) is 17.0. The van der Waals surface area contributed by atoms with E-state index >= 15 is 0 Å². The van der Waals surface area contributed by atoms with Crippen molar-refractivity contribution in [3.63, 3.8) is 0 Å². The lowest BCUT2D eigenvalue weighted by atomic mass is 10.1. The maximum atomic E-state index is 13.1. The number of rotatable bonds is 7. The molecule has 9 heteroatoms. The van der Waals surface area contributed by atoms with Crippen LogP contribution in [0.4, 0.5) is 4.39 Å². The normalized spacial score (nSPS) is 21.5. The third-order valence-electron chi connectivity index (χ3n) is 4.83. The summed E-state index contributed by atoms with van der Waals surface area (Å²) in [4.78, 5) is -0.0764. The van der Waals surface area contributed by atoms with Crippen molar-refractivity contribution < 1.29 is 26.0 Å². The third kappa shape index (κ3) is 4.53. The summed E-state index contributed by atoms with van der Waals surface area (Å²) < 4.78 is 68.5. The van der Waals surface area contributed by atoms with Crippen molar-refractivity contribution in [2.75, 3.05) is 25.2 Å². The monoisotopic (exact) mass is 427 g/mol. The first-order chi connectivity index (χ1) is 13.2. The Bertz CT molecular complexity index is 1040. The van der Waals surface area contributed by atoms with E-state index in [1.165, 1.54) is 12.1 Å². The molecule has 0 amide bonds. The van der Waals surface area contributed by atoms with E-state index in [9.17, 15) is 21.2 Å². The van der Waals surface area contributed by atoms with Crippen molar-refractivity contribution in [3.05, 3.63) is 59.9 Å². The zero-order chi connectivity index (χ0) is 20.4. The predicted molar refractivity (Wildman–Crippen MR) is 105 cm³/mol. The van der Waals surface area contributed by atoms with Gasteiger partial charge in [0.05, 0.1) is 28.8 Å². The highest BCUT2D eigenvalue weighted by Gasteiger charge is 2.45. The Morgan fingerprint density at radius 1 is 1.11 bits per heavy atom. The Hall–Kier alpha value is -1.97. The smallest absolute Gasteiger partial charge is 0.183 e. The average Bonchev–Trinajstić information content (AvgIpc) is 2.98. The van der Waals surface area contributed by atoms with E-state index in [1.807, 2.05) is 24.3 Å². The molecule has 0 aromatic heterocycles. The van der Waals surface area contributed by atoms with Crippen LogP contribution in [-0.2, 0) is 26.1 Å². The first kappa shape index (κ1) is 20.8. The van der Waals surface area contributed by atoms with Crippen LogP contribution < -0.4 is 10.1 Å². The highest BCUT2D eigenvalue weighted by atomic mass is 32.2. The largest absolute Gasteiger partial charge is 0.496 e. The number of hydrogen-bond donors (Lipinski definition) is 1. The second-order valence-corrected chi connectivity index (χ2v) is 11.1. The molecule has 2 unspecified atom stereocenters. The molecule has 1 aliphatic rings. The molecule has 2 atom stereocenters. The van der Waals surface area contributed by atoms with Crippen LogP contribution in [0.1, 0.15) is 5.56 Å². The van der Waals surface area contributed by atoms with Crippen LogP contribution in [0.2, 0.25) is 0 Å². The Morgan fingerprint density at radius 2 is 1.79 bits per heavy atom. The molecular weight excluding hydrogens is 405 g/mol. The quantitative estimate of drug-likeness (QED) is 0.676. The van der Waals surface area contributed by atoms with E-state index in [4.69, 9.17) is 4.74 Å². The van der Waals surface area contributed by atoms with Gasteiger partial charge in [0.25, 0.3) is 0 Å². The van der Waals surface area contributed by atoms with E-state index in [-0.39, 0.29) is 10.6 Å². The van der Waals surface area contributed by atoms with Crippen LogP contribution >= 0.6 is 0 Å². The number of para-hydroxylation sites is 1. The lowest BCUT2D eigenvalue weighted by Crippen LogP contribution is -2.44. The summed E-state index contributed by atoms with van der Waals surface area (Å²) in [6, 6.07) is 11.2. The summed E-state index contributed by atoms with van der Waals surface area (Å²) in [5.41, 5.74) is 0.941. The second kappa shape index (κ2) is 8.18. The number of halogens is 1. The van der Waals surface area contributed by atoms with Gasteiger partial charge in [0.1, 0.15) is 11.6 Å². The van der Waals surface area contributed by atoms with Crippen molar-refractivity contribution in [2.24, 2.45) is 0 Å². The minimum absolute atomic E-state index is 0.0764.